The molecule has 0 radical (unpaired) electrons. The average molecular weight is 215 g/mol. The summed E-state index contributed by atoms with van der Waals surface area (Å²) in [5.41, 5.74) is 4.35. The predicted molar refractivity (Wildman–Crippen MR) is 68.0 cm³/mol. The van der Waals surface area contributed by atoms with E-state index >= 15 is 0 Å². The van der Waals surface area contributed by atoms with E-state index in [0.717, 1.165) is 40.6 Å². The fourth-order valence-corrected chi connectivity index (χ4v) is 2.12. The number of fused-ring (bicyclic) bond motifs is 1. The molecule has 1 N–H and O–H groups in total. The molecule has 0 spiro atoms. The van der Waals surface area contributed by atoms with Crippen LogP contribution < -0.4 is 5.43 Å². The van der Waals surface area contributed by atoms with E-state index in [1.54, 1.807) is 6.07 Å². The molecule has 2 nitrogen and oxygen atoms in total. The SMILES string of the molecule is CCCc1cc(=O)c2c(C)ccc(C)c2[nH]1. The fourth-order valence-electron chi connectivity index (χ4n) is 2.12. The highest BCUT2D eigenvalue weighted by molar-refractivity contribution is 5.84. The first-order valence-electron chi connectivity index (χ1n) is 5.75. The molecule has 0 aliphatic carbocycles. The van der Waals surface area contributed by atoms with Crippen LogP contribution >= 0.6 is 0 Å². The number of hydrogen-bond donors (Lipinski definition) is 1. The number of rotatable bonds is 2. The van der Waals surface area contributed by atoms with Gasteiger partial charge in [-0.25, -0.2) is 0 Å². The van der Waals surface area contributed by atoms with Crippen LogP contribution in [0, 0.1) is 13.8 Å². The Bertz CT molecular complexity index is 581. The molecule has 1 aromatic heterocycles. The second kappa shape index (κ2) is 4.12. The molecule has 0 unspecified atom stereocenters. The number of benzene rings is 1. The van der Waals surface area contributed by atoms with Crippen LogP contribution in [-0.4, -0.2) is 4.98 Å². The maximum atomic E-state index is 12.0. The van der Waals surface area contributed by atoms with Gasteiger partial charge in [0.15, 0.2) is 5.43 Å². The van der Waals surface area contributed by atoms with Crippen molar-refractivity contribution in [1.29, 1.82) is 0 Å². The van der Waals surface area contributed by atoms with Gasteiger partial charge in [-0.05, 0) is 31.4 Å². The van der Waals surface area contributed by atoms with Crippen molar-refractivity contribution in [3.8, 4) is 0 Å². The van der Waals surface area contributed by atoms with Gasteiger partial charge < -0.3 is 4.98 Å². The fraction of sp³-hybridized carbons (Fsp3) is 0.357. The number of nitrogens with one attached hydrogen (secondary N) is 1. The van der Waals surface area contributed by atoms with Crippen LogP contribution in [0.2, 0.25) is 0 Å². The van der Waals surface area contributed by atoms with Gasteiger partial charge in [-0.15, -0.1) is 0 Å². The lowest BCUT2D eigenvalue weighted by atomic mass is 10.0. The third kappa shape index (κ3) is 1.75. The van der Waals surface area contributed by atoms with Crippen LogP contribution in [0.3, 0.4) is 0 Å². The molecule has 0 amide bonds. The van der Waals surface area contributed by atoms with E-state index in [2.05, 4.69) is 18.0 Å². The van der Waals surface area contributed by atoms with Crippen molar-refractivity contribution in [3.63, 3.8) is 0 Å². The summed E-state index contributed by atoms with van der Waals surface area (Å²) in [5, 5.41) is 0.833. The van der Waals surface area contributed by atoms with Crippen molar-refractivity contribution in [2.45, 2.75) is 33.6 Å². The van der Waals surface area contributed by atoms with Crippen LogP contribution in [0.4, 0.5) is 0 Å². The van der Waals surface area contributed by atoms with Crippen molar-refractivity contribution in [2.75, 3.05) is 0 Å². The quantitative estimate of drug-likeness (QED) is 0.820. The van der Waals surface area contributed by atoms with E-state index in [0.29, 0.717) is 0 Å². The second-order valence-electron chi connectivity index (χ2n) is 4.36. The average Bonchev–Trinajstić information content (AvgIpc) is 2.23. The summed E-state index contributed by atoms with van der Waals surface area (Å²) in [5.74, 6) is 0. The first-order chi connectivity index (χ1) is 7.63. The molecule has 0 aliphatic heterocycles. The van der Waals surface area contributed by atoms with Gasteiger partial charge in [0.1, 0.15) is 0 Å². The molecular weight excluding hydrogens is 198 g/mol. The van der Waals surface area contributed by atoms with Crippen molar-refractivity contribution < 1.29 is 0 Å². The summed E-state index contributed by atoms with van der Waals surface area (Å²) >= 11 is 0. The number of aryl methyl sites for hydroxylation is 3. The topological polar surface area (TPSA) is 32.9 Å². The largest absolute Gasteiger partial charge is 0.358 e. The van der Waals surface area contributed by atoms with Crippen molar-refractivity contribution in [3.05, 3.63) is 45.2 Å². The van der Waals surface area contributed by atoms with Gasteiger partial charge in [0.2, 0.25) is 0 Å². The summed E-state index contributed by atoms with van der Waals surface area (Å²) in [6.07, 6.45) is 1.98. The first kappa shape index (κ1) is 10.9. The summed E-state index contributed by atoms with van der Waals surface area (Å²) in [7, 11) is 0. The molecular formula is C14H17NO. The zero-order valence-electron chi connectivity index (χ0n) is 10.1. The van der Waals surface area contributed by atoms with Crippen molar-refractivity contribution in [1.82, 2.24) is 4.98 Å². The molecule has 0 bridgehead atoms. The van der Waals surface area contributed by atoms with Crippen LogP contribution in [0.25, 0.3) is 10.9 Å². The van der Waals surface area contributed by atoms with E-state index in [1.807, 2.05) is 19.9 Å². The zero-order chi connectivity index (χ0) is 11.7. The highest BCUT2D eigenvalue weighted by Gasteiger charge is 2.06. The predicted octanol–water partition coefficient (Wildman–Crippen LogP) is 3.10. The Balaban J connectivity index is 2.81. The molecule has 0 aliphatic rings. The van der Waals surface area contributed by atoms with Gasteiger partial charge in [0.05, 0.1) is 5.52 Å². The van der Waals surface area contributed by atoms with Crippen LogP contribution in [0.1, 0.15) is 30.2 Å². The van der Waals surface area contributed by atoms with E-state index in [1.165, 1.54) is 0 Å². The number of aromatic amines is 1. The normalized spacial score (nSPS) is 10.9. The third-order valence-electron chi connectivity index (χ3n) is 2.98. The van der Waals surface area contributed by atoms with Crippen LogP contribution in [0.15, 0.2) is 23.0 Å². The Kier molecular flexibility index (Phi) is 2.82. The minimum atomic E-state index is 0.137. The lowest BCUT2D eigenvalue weighted by Crippen LogP contribution is -2.07. The summed E-state index contributed by atoms with van der Waals surface area (Å²) in [6, 6.07) is 5.80. The van der Waals surface area contributed by atoms with E-state index in [9.17, 15) is 4.79 Å². The van der Waals surface area contributed by atoms with E-state index in [-0.39, 0.29) is 5.43 Å². The number of pyridine rings is 1. The number of hydrogen-bond acceptors (Lipinski definition) is 1. The van der Waals surface area contributed by atoms with Crippen LogP contribution in [-0.2, 0) is 6.42 Å². The standard InChI is InChI=1S/C14H17NO/c1-4-5-11-8-12(16)13-9(2)6-7-10(3)14(13)15-11/h6-8H,4-5H2,1-3H3,(H,15,16). The zero-order valence-corrected chi connectivity index (χ0v) is 10.1. The molecule has 1 aromatic carbocycles. The molecule has 0 atom stereocenters. The monoisotopic (exact) mass is 215 g/mol. The molecule has 0 saturated heterocycles. The van der Waals surface area contributed by atoms with E-state index in [4.69, 9.17) is 0 Å². The third-order valence-corrected chi connectivity index (χ3v) is 2.98. The Labute approximate surface area is 95.3 Å². The smallest absolute Gasteiger partial charge is 0.189 e. The van der Waals surface area contributed by atoms with Gasteiger partial charge in [-0.3, -0.25) is 4.79 Å². The second-order valence-corrected chi connectivity index (χ2v) is 4.36. The van der Waals surface area contributed by atoms with Crippen molar-refractivity contribution in [2.24, 2.45) is 0 Å². The lowest BCUT2D eigenvalue weighted by Gasteiger charge is -2.07. The first-order valence-corrected chi connectivity index (χ1v) is 5.75. The van der Waals surface area contributed by atoms with Crippen molar-refractivity contribution >= 4 is 10.9 Å². The summed E-state index contributed by atoms with van der Waals surface area (Å²) < 4.78 is 0. The van der Waals surface area contributed by atoms with Gasteiger partial charge >= 0.3 is 0 Å². The maximum absolute atomic E-state index is 12.0. The minimum Gasteiger partial charge on any atom is -0.358 e. The van der Waals surface area contributed by atoms with Gasteiger partial charge in [-0.2, -0.15) is 0 Å². The maximum Gasteiger partial charge on any atom is 0.189 e. The van der Waals surface area contributed by atoms with Gasteiger partial charge in [-0.1, -0.05) is 25.5 Å². The molecule has 16 heavy (non-hydrogen) atoms. The molecule has 2 heteroatoms. The molecule has 84 valence electrons. The van der Waals surface area contributed by atoms with Gasteiger partial charge in [0.25, 0.3) is 0 Å². The Morgan fingerprint density at radius 2 is 1.88 bits per heavy atom. The van der Waals surface area contributed by atoms with Gasteiger partial charge in [0, 0.05) is 17.1 Å². The Morgan fingerprint density at radius 1 is 1.19 bits per heavy atom. The number of H-pyrrole nitrogens is 1. The number of aromatic nitrogens is 1. The molecule has 2 rings (SSSR count). The molecule has 0 fully saturated rings. The highest BCUT2D eigenvalue weighted by Crippen LogP contribution is 2.17. The highest BCUT2D eigenvalue weighted by atomic mass is 16.1. The molecule has 0 saturated carbocycles. The Hall–Kier alpha value is -1.57. The lowest BCUT2D eigenvalue weighted by molar-refractivity contribution is 0.887. The molecule has 2 aromatic rings. The van der Waals surface area contributed by atoms with Crippen LogP contribution in [0.5, 0.6) is 0 Å². The molecule has 1 heterocycles. The summed E-state index contributed by atoms with van der Waals surface area (Å²) in [4.78, 5) is 15.4. The van der Waals surface area contributed by atoms with E-state index < -0.39 is 0 Å². The summed E-state index contributed by atoms with van der Waals surface area (Å²) in [6.45, 7) is 6.13. The Morgan fingerprint density at radius 3 is 2.56 bits per heavy atom. The minimum absolute atomic E-state index is 0.137.